The number of ether oxygens (including phenoxy) is 1. The molecule has 1 atom stereocenters. The molecule has 1 N–H and O–H groups in total. The number of aryl methyl sites for hydroxylation is 1. The number of halogens is 2. The number of carbonyl (C=O) groups is 1. The van der Waals surface area contributed by atoms with Gasteiger partial charge in [0.1, 0.15) is 12.4 Å². The van der Waals surface area contributed by atoms with Gasteiger partial charge in [-0.25, -0.2) is 9.18 Å². The highest BCUT2D eigenvalue weighted by Crippen LogP contribution is 2.22. The van der Waals surface area contributed by atoms with E-state index in [0.717, 1.165) is 11.1 Å². The van der Waals surface area contributed by atoms with Crippen LogP contribution in [0.2, 0.25) is 0 Å². The summed E-state index contributed by atoms with van der Waals surface area (Å²) in [5.41, 5.74) is 1.72. The van der Waals surface area contributed by atoms with Crippen LogP contribution in [0.25, 0.3) is 0 Å². The largest absolute Gasteiger partial charge is 0.447 e. The van der Waals surface area contributed by atoms with Gasteiger partial charge in [0.05, 0.1) is 6.04 Å². The molecule has 1 aromatic rings. The Morgan fingerprint density at radius 1 is 1.53 bits per heavy atom. The van der Waals surface area contributed by atoms with Crippen molar-refractivity contribution in [2.75, 3.05) is 6.61 Å². The molecule has 0 unspecified atom stereocenters. The maximum absolute atomic E-state index is 12.9. The Hall–Kier alpha value is -1.29. The molecule has 0 radical (unpaired) electrons. The number of cyclic esters (lactones) is 1. The molecule has 0 bridgehead atoms. The number of carbonyl (C=O) groups excluding carboxylic acids is 1. The smallest absolute Gasteiger partial charge is 0.407 e. The lowest BCUT2D eigenvalue weighted by molar-refractivity contribution is 0.177. The molecule has 5 heteroatoms. The lowest BCUT2D eigenvalue weighted by Gasteiger charge is -2.10. The predicted molar refractivity (Wildman–Crippen MR) is 55.6 cm³/mol. The highest BCUT2D eigenvalue weighted by atomic mass is 35.5. The molecule has 3 nitrogen and oxygen atoms in total. The second-order valence-corrected chi connectivity index (χ2v) is 3.30. The monoisotopic (exact) mass is 231 g/mol. The second kappa shape index (κ2) is 4.49. The molecule has 1 saturated heterocycles. The van der Waals surface area contributed by atoms with Crippen molar-refractivity contribution in [1.29, 1.82) is 0 Å². The van der Waals surface area contributed by atoms with Gasteiger partial charge in [0.15, 0.2) is 0 Å². The second-order valence-electron chi connectivity index (χ2n) is 3.30. The van der Waals surface area contributed by atoms with Crippen molar-refractivity contribution < 1.29 is 13.9 Å². The van der Waals surface area contributed by atoms with Crippen LogP contribution in [0, 0.1) is 12.7 Å². The van der Waals surface area contributed by atoms with Crippen LogP contribution in [-0.2, 0) is 4.74 Å². The molecule has 1 fully saturated rings. The summed E-state index contributed by atoms with van der Waals surface area (Å²) in [6.45, 7) is 2.14. The van der Waals surface area contributed by atoms with Gasteiger partial charge in [-0.1, -0.05) is 6.07 Å². The number of rotatable bonds is 1. The summed E-state index contributed by atoms with van der Waals surface area (Å²) in [6, 6.07) is 4.29. The van der Waals surface area contributed by atoms with E-state index in [1.54, 1.807) is 6.07 Å². The number of amides is 1. The fraction of sp³-hybridized carbons (Fsp3) is 0.300. The van der Waals surface area contributed by atoms with Crippen molar-refractivity contribution in [2.24, 2.45) is 0 Å². The highest BCUT2D eigenvalue weighted by Gasteiger charge is 2.25. The van der Waals surface area contributed by atoms with E-state index in [-0.39, 0.29) is 30.9 Å². The van der Waals surface area contributed by atoms with E-state index in [9.17, 15) is 9.18 Å². The number of benzene rings is 1. The summed E-state index contributed by atoms with van der Waals surface area (Å²) in [5, 5.41) is 2.61. The van der Waals surface area contributed by atoms with E-state index >= 15 is 0 Å². The third-order valence-corrected chi connectivity index (χ3v) is 2.29. The van der Waals surface area contributed by atoms with Gasteiger partial charge in [-0.3, -0.25) is 0 Å². The third-order valence-electron chi connectivity index (χ3n) is 2.29. The van der Waals surface area contributed by atoms with Crippen molar-refractivity contribution in [3.8, 4) is 0 Å². The first-order valence-electron chi connectivity index (χ1n) is 4.36. The zero-order valence-corrected chi connectivity index (χ0v) is 8.94. The van der Waals surface area contributed by atoms with Crippen molar-refractivity contribution >= 4 is 18.5 Å². The lowest BCUT2D eigenvalue weighted by Crippen LogP contribution is -2.19. The van der Waals surface area contributed by atoms with E-state index < -0.39 is 6.09 Å². The SMILES string of the molecule is Cc1ccc(F)cc1[C@@H]1COC(=O)N1.Cl. The van der Waals surface area contributed by atoms with Crippen molar-refractivity contribution in [2.45, 2.75) is 13.0 Å². The summed E-state index contributed by atoms with van der Waals surface area (Å²) in [7, 11) is 0. The van der Waals surface area contributed by atoms with Crippen molar-refractivity contribution in [1.82, 2.24) is 5.32 Å². The maximum atomic E-state index is 12.9. The van der Waals surface area contributed by atoms with Gasteiger partial charge < -0.3 is 10.1 Å². The van der Waals surface area contributed by atoms with Gasteiger partial charge in [0.25, 0.3) is 0 Å². The molecule has 0 saturated carbocycles. The summed E-state index contributed by atoms with van der Waals surface area (Å²) < 4.78 is 17.7. The lowest BCUT2D eigenvalue weighted by atomic mass is 10.0. The van der Waals surface area contributed by atoms with Crippen LogP contribution in [0.5, 0.6) is 0 Å². The van der Waals surface area contributed by atoms with Crippen LogP contribution in [0.15, 0.2) is 18.2 Å². The zero-order valence-electron chi connectivity index (χ0n) is 8.12. The van der Waals surface area contributed by atoms with Gasteiger partial charge >= 0.3 is 6.09 Å². The number of alkyl carbamates (subject to hydrolysis) is 1. The third kappa shape index (κ3) is 2.39. The molecule has 0 spiro atoms. The summed E-state index contributed by atoms with van der Waals surface area (Å²) in [4.78, 5) is 10.8. The Bertz CT molecular complexity index is 384. The summed E-state index contributed by atoms with van der Waals surface area (Å²) in [5.74, 6) is -0.299. The molecule has 15 heavy (non-hydrogen) atoms. The Labute approximate surface area is 93.0 Å². The minimum atomic E-state index is -0.446. The van der Waals surface area contributed by atoms with Gasteiger partial charge in [-0.05, 0) is 30.2 Å². The van der Waals surface area contributed by atoms with Crippen LogP contribution in [-0.4, -0.2) is 12.7 Å². The quantitative estimate of drug-likeness (QED) is 0.806. The average Bonchev–Trinajstić information content (AvgIpc) is 2.56. The Morgan fingerprint density at radius 3 is 2.87 bits per heavy atom. The van der Waals surface area contributed by atoms with Crippen LogP contribution in [0.1, 0.15) is 17.2 Å². The molecule has 82 valence electrons. The molecular weight excluding hydrogens is 221 g/mol. The molecule has 1 aromatic carbocycles. The van der Waals surface area contributed by atoms with E-state index in [0.29, 0.717) is 0 Å². The Kier molecular flexibility index (Phi) is 3.52. The van der Waals surface area contributed by atoms with Crippen molar-refractivity contribution in [3.05, 3.63) is 35.1 Å². The molecule has 0 aliphatic carbocycles. The standard InChI is InChI=1S/C10H10FNO2.ClH/c1-6-2-3-7(11)4-8(6)9-5-14-10(13)12-9;/h2-4,9H,5H2,1H3,(H,12,13);1H/t9-;/m0./s1. The van der Waals surface area contributed by atoms with Crippen LogP contribution < -0.4 is 5.32 Å². The summed E-state index contributed by atoms with van der Waals surface area (Å²) in [6.07, 6.45) is -0.446. The molecule has 1 amide bonds. The van der Waals surface area contributed by atoms with E-state index in [2.05, 4.69) is 5.32 Å². The first-order valence-corrected chi connectivity index (χ1v) is 4.36. The molecule has 1 aliphatic heterocycles. The number of nitrogens with one attached hydrogen (secondary N) is 1. The Morgan fingerprint density at radius 2 is 2.27 bits per heavy atom. The average molecular weight is 232 g/mol. The molecule has 2 rings (SSSR count). The van der Waals surface area contributed by atoms with Crippen LogP contribution in [0.4, 0.5) is 9.18 Å². The van der Waals surface area contributed by atoms with Gasteiger partial charge in [0.2, 0.25) is 0 Å². The normalized spacial score (nSPS) is 19.1. The molecule has 1 heterocycles. The van der Waals surface area contributed by atoms with Gasteiger partial charge in [-0.2, -0.15) is 0 Å². The van der Waals surface area contributed by atoms with Crippen LogP contribution in [0.3, 0.4) is 0 Å². The minimum absolute atomic E-state index is 0. The summed E-state index contributed by atoms with van der Waals surface area (Å²) >= 11 is 0. The van der Waals surface area contributed by atoms with Crippen LogP contribution >= 0.6 is 12.4 Å². The number of hydrogen-bond acceptors (Lipinski definition) is 2. The predicted octanol–water partition coefficient (Wildman–Crippen LogP) is 2.34. The number of hydrogen-bond donors (Lipinski definition) is 1. The van der Waals surface area contributed by atoms with E-state index in [4.69, 9.17) is 4.74 Å². The molecule has 0 aromatic heterocycles. The maximum Gasteiger partial charge on any atom is 0.407 e. The fourth-order valence-corrected chi connectivity index (χ4v) is 1.54. The topological polar surface area (TPSA) is 38.3 Å². The minimum Gasteiger partial charge on any atom is -0.447 e. The molecular formula is C10H11ClFNO2. The van der Waals surface area contributed by atoms with Crippen molar-refractivity contribution in [3.63, 3.8) is 0 Å². The van der Waals surface area contributed by atoms with Gasteiger partial charge in [0, 0.05) is 0 Å². The first kappa shape index (κ1) is 11.8. The highest BCUT2D eigenvalue weighted by molar-refractivity contribution is 5.85. The van der Waals surface area contributed by atoms with E-state index in [1.165, 1.54) is 12.1 Å². The zero-order chi connectivity index (χ0) is 10.1. The fourth-order valence-electron chi connectivity index (χ4n) is 1.54. The van der Waals surface area contributed by atoms with Gasteiger partial charge in [-0.15, -0.1) is 12.4 Å². The first-order chi connectivity index (χ1) is 6.66. The molecule has 1 aliphatic rings. The van der Waals surface area contributed by atoms with E-state index in [1.807, 2.05) is 6.92 Å². The Balaban J connectivity index is 0.00000112.